The molecular formula is C12H8N3O. The molecule has 0 atom stereocenters. The molecule has 1 aromatic heterocycles. The normalized spacial score (nSPS) is 10.8. The molecule has 3 rings (SSSR count). The topological polar surface area (TPSA) is 50.9 Å². The Morgan fingerprint density at radius 3 is 2.31 bits per heavy atom. The highest BCUT2D eigenvalue weighted by molar-refractivity contribution is 5.73. The Morgan fingerprint density at radius 2 is 1.69 bits per heavy atom. The van der Waals surface area contributed by atoms with Crippen molar-refractivity contribution in [3.63, 3.8) is 0 Å². The van der Waals surface area contributed by atoms with E-state index in [9.17, 15) is 5.11 Å². The largest absolute Gasteiger partial charge is 0.506 e. The molecule has 0 aliphatic carbocycles. The summed E-state index contributed by atoms with van der Waals surface area (Å²) in [7, 11) is 0. The maximum atomic E-state index is 9.66. The SMILES string of the molecule is Oc1ccc[c]c1-n1nc2ccccc2n1. The lowest BCUT2D eigenvalue weighted by Crippen LogP contribution is -1.98. The van der Waals surface area contributed by atoms with Crippen LogP contribution in [-0.4, -0.2) is 20.1 Å². The zero-order valence-electron chi connectivity index (χ0n) is 8.33. The van der Waals surface area contributed by atoms with E-state index in [0.29, 0.717) is 5.69 Å². The molecule has 0 amide bonds. The third kappa shape index (κ3) is 1.32. The minimum absolute atomic E-state index is 0.114. The molecule has 0 aliphatic rings. The number of phenols is 1. The summed E-state index contributed by atoms with van der Waals surface area (Å²) in [6, 6.07) is 15.5. The summed E-state index contributed by atoms with van der Waals surface area (Å²) in [5.41, 5.74) is 2.04. The van der Waals surface area contributed by atoms with Gasteiger partial charge < -0.3 is 5.11 Å². The van der Waals surface area contributed by atoms with E-state index >= 15 is 0 Å². The fraction of sp³-hybridized carbons (Fsp3) is 0. The molecule has 16 heavy (non-hydrogen) atoms. The van der Waals surface area contributed by atoms with Gasteiger partial charge in [0, 0.05) is 6.07 Å². The maximum absolute atomic E-state index is 9.66. The molecular weight excluding hydrogens is 202 g/mol. The third-order valence-electron chi connectivity index (χ3n) is 2.30. The van der Waals surface area contributed by atoms with Crippen molar-refractivity contribution in [1.29, 1.82) is 0 Å². The Hall–Kier alpha value is -2.36. The fourth-order valence-corrected chi connectivity index (χ4v) is 1.54. The summed E-state index contributed by atoms with van der Waals surface area (Å²) < 4.78 is 0. The quantitative estimate of drug-likeness (QED) is 0.667. The standard InChI is InChI=1S/C12H8N3O/c16-12-8-4-3-7-11(12)15-13-9-5-1-2-6-10(9)14-15/h1-6,8,16H. The van der Waals surface area contributed by atoms with Crippen molar-refractivity contribution >= 4 is 11.0 Å². The molecule has 4 nitrogen and oxygen atoms in total. The van der Waals surface area contributed by atoms with Gasteiger partial charge in [-0.15, -0.1) is 15.0 Å². The number of aromatic hydroxyl groups is 1. The molecule has 0 unspecified atom stereocenters. The summed E-state index contributed by atoms with van der Waals surface area (Å²) in [5, 5.41) is 18.2. The Morgan fingerprint density at radius 1 is 1.00 bits per heavy atom. The molecule has 1 N–H and O–H groups in total. The second-order valence-corrected chi connectivity index (χ2v) is 3.38. The van der Waals surface area contributed by atoms with E-state index in [-0.39, 0.29) is 5.75 Å². The van der Waals surface area contributed by atoms with Crippen molar-refractivity contribution in [1.82, 2.24) is 15.0 Å². The molecule has 3 aromatic rings. The highest BCUT2D eigenvalue weighted by Crippen LogP contribution is 2.19. The summed E-state index contributed by atoms with van der Waals surface area (Å²) in [6.07, 6.45) is 0. The molecule has 2 aromatic carbocycles. The van der Waals surface area contributed by atoms with E-state index < -0.39 is 0 Å². The lowest BCUT2D eigenvalue weighted by atomic mass is 10.3. The van der Waals surface area contributed by atoms with Gasteiger partial charge in [0.05, 0.1) is 0 Å². The Balaban J connectivity index is 2.23. The first-order chi connectivity index (χ1) is 7.84. The van der Waals surface area contributed by atoms with Crippen molar-refractivity contribution in [2.75, 3.05) is 0 Å². The Labute approximate surface area is 91.8 Å². The number of aromatic nitrogens is 3. The van der Waals surface area contributed by atoms with Crippen LogP contribution in [0.3, 0.4) is 0 Å². The minimum atomic E-state index is 0.114. The van der Waals surface area contributed by atoms with E-state index in [1.54, 1.807) is 18.2 Å². The van der Waals surface area contributed by atoms with Gasteiger partial charge in [0.25, 0.3) is 0 Å². The van der Waals surface area contributed by atoms with Crippen LogP contribution >= 0.6 is 0 Å². The van der Waals surface area contributed by atoms with Crippen LogP contribution in [0.15, 0.2) is 42.5 Å². The molecule has 1 heterocycles. The second-order valence-electron chi connectivity index (χ2n) is 3.38. The van der Waals surface area contributed by atoms with Crippen LogP contribution in [0.1, 0.15) is 0 Å². The molecule has 0 spiro atoms. The van der Waals surface area contributed by atoms with Crippen molar-refractivity contribution < 1.29 is 5.11 Å². The number of rotatable bonds is 1. The van der Waals surface area contributed by atoms with E-state index in [1.165, 1.54) is 4.80 Å². The minimum Gasteiger partial charge on any atom is -0.506 e. The number of phenolic OH excluding ortho intramolecular Hbond substituents is 1. The van der Waals surface area contributed by atoms with Crippen LogP contribution in [0, 0.1) is 6.07 Å². The van der Waals surface area contributed by atoms with Gasteiger partial charge in [-0.1, -0.05) is 24.3 Å². The molecule has 77 valence electrons. The van der Waals surface area contributed by atoms with Crippen LogP contribution in [0.2, 0.25) is 0 Å². The first-order valence-electron chi connectivity index (χ1n) is 4.87. The first kappa shape index (κ1) is 8.91. The highest BCUT2D eigenvalue weighted by Gasteiger charge is 2.07. The molecule has 1 radical (unpaired) electrons. The second kappa shape index (κ2) is 3.34. The number of benzene rings is 2. The molecule has 0 aliphatic heterocycles. The van der Waals surface area contributed by atoms with Gasteiger partial charge in [0.1, 0.15) is 22.5 Å². The van der Waals surface area contributed by atoms with Gasteiger partial charge in [-0.25, -0.2) is 0 Å². The lowest BCUT2D eigenvalue weighted by molar-refractivity contribution is 0.467. The van der Waals surface area contributed by atoms with Crippen LogP contribution in [0.25, 0.3) is 16.7 Å². The monoisotopic (exact) mass is 210 g/mol. The van der Waals surface area contributed by atoms with Gasteiger partial charge in [-0.2, -0.15) is 0 Å². The smallest absolute Gasteiger partial charge is 0.143 e. The van der Waals surface area contributed by atoms with E-state index in [1.807, 2.05) is 24.3 Å². The average Bonchev–Trinajstić information content (AvgIpc) is 2.73. The number of hydrogen-bond donors (Lipinski definition) is 1. The van der Waals surface area contributed by atoms with Crippen LogP contribution < -0.4 is 0 Å². The molecule has 0 saturated carbocycles. The van der Waals surface area contributed by atoms with E-state index in [0.717, 1.165) is 11.0 Å². The summed E-state index contributed by atoms with van der Waals surface area (Å²) in [6.45, 7) is 0. The number of para-hydroxylation sites is 1. The summed E-state index contributed by atoms with van der Waals surface area (Å²) in [4.78, 5) is 1.39. The van der Waals surface area contributed by atoms with Gasteiger partial charge in [-0.05, 0) is 18.2 Å². The molecule has 0 saturated heterocycles. The van der Waals surface area contributed by atoms with Crippen molar-refractivity contribution in [3.05, 3.63) is 48.5 Å². The average molecular weight is 210 g/mol. The van der Waals surface area contributed by atoms with Crippen LogP contribution in [0.5, 0.6) is 5.75 Å². The zero-order valence-corrected chi connectivity index (χ0v) is 8.33. The number of hydrogen-bond acceptors (Lipinski definition) is 3. The summed E-state index contributed by atoms with van der Waals surface area (Å²) in [5.74, 6) is 0.114. The predicted molar refractivity (Wildman–Crippen MR) is 59.4 cm³/mol. The number of nitrogens with zero attached hydrogens (tertiary/aromatic N) is 3. The van der Waals surface area contributed by atoms with E-state index in [2.05, 4.69) is 16.3 Å². The highest BCUT2D eigenvalue weighted by atomic mass is 16.3. The van der Waals surface area contributed by atoms with Gasteiger partial charge in [0.15, 0.2) is 0 Å². The van der Waals surface area contributed by atoms with Crippen molar-refractivity contribution in [2.45, 2.75) is 0 Å². The van der Waals surface area contributed by atoms with Crippen molar-refractivity contribution in [3.8, 4) is 11.4 Å². The van der Waals surface area contributed by atoms with Crippen molar-refractivity contribution in [2.24, 2.45) is 0 Å². The lowest BCUT2D eigenvalue weighted by Gasteiger charge is -2.00. The van der Waals surface area contributed by atoms with Crippen LogP contribution in [0.4, 0.5) is 0 Å². The zero-order chi connectivity index (χ0) is 11.0. The van der Waals surface area contributed by atoms with Gasteiger partial charge in [-0.3, -0.25) is 0 Å². The first-order valence-corrected chi connectivity index (χ1v) is 4.87. The predicted octanol–water partition coefficient (Wildman–Crippen LogP) is 1.93. The molecule has 4 heteroatoms. The fourth-order valence-electron chi connectivity index (χ4n) is 1.54. The molecule has 0 bridgehead atoms. The molecule has 0 fully saturated rings. The summed E-state index contributed by atoms with van der Waals surface area (Å²) >= 11 is 0. The van der Waals surface area contributed by atoms with E-state index in [4.69, 9.17) is 0 Å². The number of fused-ring (bicyclic) bond motifs is 1. The Bertz CT molecular complexity index is 612. The van der Waals surface area contributed by atoms with Gasteiger partial charge in [0.2, 0.25) is 0 Å². The van der Waals surface area contributed by atoms with Gasteiger partial charge >= 0.3 is 0 Å². The maximum Gasteiger partial charge on any atom is 0.143 e. The third-order valence-corrected chi connectivity index (χ3v) is 2.30. The van der Waals surface area contributed by atoms with Crippen LogP contribution in [-0.2, 0) is 0 Å². The Kier molecular flexibility index (Phi) is 1.86.